The molecule has 0 spiro atoms. The molecule has 3 N–H and O–H groups in total. The lowest BCUT2D eigenvalue weighted by Gasteiger charge is -2.23. The molecule has 1 unspecified atom stereocenters. The van der Waals surface area contributed by atoms with Crippen molar-refractivity contribution in [1.29, 1.82) is 0 Å². The number of rotatable bonds is 7. The van der Waals surface area contributed by atoms with Crippen molar-refractivity contribution in [1.82, 2.24) is 4.90 Å². The van der Waals surface area contributed by atoms with Crippen LogP contribution in [0.4, 0.5) is 13.2 Å². The fourth-order valence-electron chi connectivity index (χ4n) is 1.27. The Hall–Kier alpha value is -0.820. The first-order valence-corrected chi connectivity index (χ1v) is 5.45. The highest BCUT2D eigenvalue weighted by Gasteiger charge is 2.32. The number of carbonyl (C=O) groups is 1. The van der Waals surface area contributed by atoms with Crippen LogP contribution in [0, 0.1) is 5.92 Å². The third kappa shape index (κ3) is 7.98. The Balaban J connectivity index is 4.24. The lowest BCUT2D eigenvalue weighted by atomic mass is 10.1. The molecule has 0 saturated heterocycles. The monoisotopic (exact) mass is 256 g/mol. The molecule has 0 fully saturated rings. The highest BCUT2D eigenvalue weighted by Crippen LogP contribution is 2.17. The van der Waals surface area contributed by atoms with E-state index < -0.39 is 25.2 Å². The van der Waals surface area contributed by atoms with E-state index in [0.717, 1.165) is 0 Å². The first-order valence-electron chi connectivity index (χ1n) is 5.45. The van der Waals surface area contributed by atoms with Crippen LogP contribution >= 0.6 is 0 Å². The van der Waals surface area contributed by atoms with Crippen LogP contribution in [0.15, 0.2) is 0 Å². The van der Waals surface area contributed by atoms with Gasteiger partial charge in [0.15, 0.2) is 0 Å². The van der Waals surface area contributed by atoms with Crippen LogP contribution in [0.1, 0.15) is 19.8 Å². The third-order valence-corrected chi connectivity index (χ3v) is 2.35. The summed E-state index contributed by atoms with van der Waals surface area (Å²) >= 11 is 0. The average molecular weight is 256 g/mol. The van der Waals surface area contributed by atoms with E-state index in [4.69, 9.17) is 10.8 Å². The van der Waals surface area contributed by atoms with Crippen molar-refractivity contribution in [3.05, 3.63) is 0 Å². The van der Waals surface area contributed by atoms with Gasteiger partial charge in [0.25, 0.3) is 0 Å². The number of hydrogen-bond acceptors (Lipinski definition) is 3. The van der Waals surface area contributed by atoms with Gasteiger partial charge in [0, 0.05) is 13.0 Å². The molecular formula is C10H19F3N2O2. The number of halogens is 3. The molecule has 0 aliphatic rings. The summed E-state index contributed by atoms with van der Waals surface area (Å²) in [4.78, 5) is 12.1. The van der Waals surface area contributed by atoms with Gasteiger partial charge in [-0.05, 0) is 18.9 Å². The van der Waals surface area contributed by atoms with Crippen molar-refractivity contribution < 1.29 is 23.1 Å². The number of aliphatic hydroxyl groups excluding tert-OH is 1. The predicted octanol–water partition coefficient (Wildman–Crippen LogP) is 0.745. The quantitative estimate of drug-likeness (QED) is 0.706. The summed E-state index contributed by atoms with van der Waals surface area (Å²) in [6.07, 6.45) is -3.96. The van der Waals surface area contributed by atoms with Gasteiger partial charge >= 0.3 is 6.18 Å². The van der Waals surface area contributed by atoms with Gasteiger partial charge in [-0.15, -0.1) is 0 Å². The minimum absolute atomic E-state index is 0.0223. The number of amides is 1. The standard InChI is InChI=1S/C10H19F3N2O2/c1-8(6-14)2-3-9(17)15(4-5-16)7-10(11,12)13/h8,16H,2-7,14H2,1H3. The van der Waals surface area contributed by atoms with Crippen LogP contribution in [-0.4, -0.2) is 48.3 Å². The highest BCUT2D eigenvalue weighted by molar-refractivity contribution is 5.76. The van der Waals surface area contributed by atoms with Gasteiger partial charge in [-0.3, -0.25) is 4.79 Å². The molecular weight excluding hydrogens is 237 g/mol. The van der Waals surface area contributed by atoms with Crippen molar-refractivity contribution in [2.45, 2.75) is 25.9 Å². The van der Waals surface area contributed by atoms with Crippen molar-refractivity contribution >= 4 is 5.91 Å². The van der Waals surface area contributed by atoms with Crippen LogP contribution in [-0.2, 0) is 4.79 Å². The molecule has 1 atom stereocenters. The molecule has 7 heteroatoms. The third-order valence-electron chi connectivity index (χ3n) is 2.35. The number of carbonyl (C=O) groups excluding carboxylic acids is 1. The zero-order valence-electron chi connectivity index (χ0n) is 9.83. The normalized spacial score (nSPS) is 13.5. The Kier molecular flexibility index (Phi) is 7.13. The molecule has 1 amide bonds. The fourth-order valence-corrected chi connectivity index (χ4v) is 1.27. The minimum atomic E-state index is -4.44. The predicted molar refractivity (Wildman–Crippen MR) is 57.2 cm³/mol. The molecule has 0 aromatic rings. The van der Waals surface area contributed by atoms with Crippen molar-refractivity contribution in [2.24, 2.45) is 11.7 Å². The Labute approximate surface area is 98.6 Å². The zero-order chi connectivity index (χ0) is 13.5. The zero-order valence-corrected chi connectivity index (χ0v) is 9.83. The second kappa shape index (κ2) is 7.50. The average Bonchev–Trinajstić information content (AvgIpc) is 2.23. The molecule has 0 heterocycles. The van der Waals surface area contributed by atoms with E-state index in [1.54, 1.807) is 0 Å². The molecule has 0 aliphatic heterocycles. The lowest BCUT2D eigenvalue weighted by Crippen LogP contribution is -2.40. The van der Waals surface area contributed by atoms with E-state index >= 15 is 0 Å². The molecule has 17 heavy (non-hydrogen) atoms. The van der Waals surface area contributed by atoms with Crippen LogP contribution in [0.25, 0.3) is 0 Å². The Morgan fingerprint density at radius 2 is 2.06 bits per heavy atom. The summed E-state index contributed by atoms with van der Waals surface area (Å²) in [5, 5.41) is 8.62. The summed E-state index contributed by atoms with van der Waals surface area (Å²) in [5.74, 6) is -0.502. The Morgan fingerprint density at radius 1 is 1.47 bits per heavy atom. The first kappa shape index (κ1) is 16.2. The summed E-state index contributed by atoms with van der Waals surface area (Å²) in [6.45, 7) is 0.132. The van der Waals surface area contributed by atoms with E-state index in [0.29, 0.717) is 17.9 Å². The second-order valence-electron chi connectivity index (χ2n) is 4.03. The maximum absolute atomic E-state index is 12.2. The van der Waals surface area contributed by atoms with Crippen molar-refractivity contribution in [3.8, 4) is 0 Å². The molecule has 0 radical (unpaired) electrons. The van der Waals surface area contributed by atoms with Gasteiger partial charge < -0.3 is 15.7 Å². The summed E-state index contributed by atoms with van der Waals surface area (Å²) in [5.41, 5.74) is 5.35. The molecule has 0 bridgehead atoms. The van der Waals surface area contributed by atoms with Gasteiger partial charge in [-0.25, -0.2) is 0 Å². The smallest absolute Gasteiger partial charge is 0.395 e. The number of alkyl halides is 3. The van der Waals surface area contributed by atoms with Gasteiger partial charge in [-0.2, -0.15) is 13.2 Å². The maximum atomic E-state index is 12.2. The SMILES string of the molecule is CC(CN)CCC(=O)N(CCO)CC(F)(F)F. The maximum Gasteiger partial charge on any atom is 0.406 e. The number of nitrogens with zero attached hydrogens (tertiary/aromatic N) is 1. The van der Waals surface area contributed by atoms with Gasteiger partial charge in [0.2, 0.25) is 5.91 Å². The molecule has 0 aromatic carbocycles. The summed E-state index contributed by atoms with van der Waals surface area (Å²) < 4.78 is 36.5. The fraction of sp³-hybridized carbons (Fsp3) is 0.900. The Bertz CT molecular complexity index is 234. The second-order valence-corrected chi connectivity index (χ2v) is 4.03. The van der Waals surface area contributed by atoms with Gasteiger partial charge in [0.05, 0.1) is 6.61 Å². The van der Waals surface area contributed by atoms with Crippen LogP contribution in [0.2, 0.25) is 0 Å². The molecule has 0 rings (SSSR count). The number of aliphatic hydroxyl groups is 1. The van der Waals surface area contributed by atoms with E-state index in [1.165, 1.54) is 0 Å². The highest BCUT2D eigenvalue weighted by atomic mass is 19.4. The van der Waals surface area contributed by atoms with E-state index in [-0.39, 0.29) is 18.9 Å². The van der Waals surface area contributed by atoms with Gasteiger partial charge in [-0.1, -0.05) is 6.92 Å². The van der Waals surface area contributed by atoms with E-state index in [9.17, 15) is 18.0 Å². The molecule has 0 aromatic heterocycles. The van der Waals surface area contributed by atoms with Crippen molar-refractivity contribution in [3.63, 3.8) is 0 Å². The Morgan fingerprint density at radius 3 is 2.47 bits per heavy atom. The summed E-state index contributed by atoms with van der Waals surface area (Å²) in [7, 11) is 0. The minimum Gasteiger partial charge on any atom is -0.395 e. The summed E-state index contributed by atoms with van der Waals surface area (Å²) in [6, 6.07) is 0. The number of nitrogens with two attached hydrogens (primary N) is 1. The lowest BCUT2D eigenvalue weighted by molar-refractivity contribution is -0.162. The molecule has 0 aliphatic carbocycles. The first-order chi connectivity index (χ1) is 7.80. The van der Waals surface area contributed by atoms with E-state index in [2.05, 4.69) is 0 Å². The number of hydrogen-bond donors (Lipinski definition) is 2. The van der Waals surface area contributed by atoms with Crippen molar-refractivity contribution in [2.75, 3.05) is 26.2 Å². The van der Waals surface area contributed by atoms with E-state index in [1.807, 2.05) is 6.92 Å². The van der Waals surface area contributed by atoms with Crippen LogP contribution in [0.3, 0.4) is 0 Å². The molecule has 102 valence electrons. The largest absolute Gasteiger partial charge is 0.406 e. The topological polar surface area (TPSA) is 66.6 Å². The van der Waals surface area contributed by atoms with Gasteiger partial charge in [0.1, 0.15) is 6.54 Å². The molecule has 4 nitrogen and oxygen atoms in total. The van der Waals surface area contributed by atoms with Crippen LogP contribution < -0.4 is 5.73 Å². The molecule has 0 saturated carbocycles. The van der Waals surface area contributed by atoms with Crippen LogP contribution in [0.5, 0.6) is 0 Å².